The van der Waals surface area contributed by atoms with Crippen LogP contribution in [0.15, 0.2) is 42.9 Å². The van der Waals surface area contributed by atoms with Gasteiger partial charge in [-0.25, -0.2) is 9.48 Å². The van der Waals surface area contributed by atoms with Gasteiger partial charge in [0.2, 0.25) is 0 Å². The average Bonchev–Trinajstić information content (AvgIpc) is 2.91. The highest BCUT2D eigenvalue weighted by molar-refractivity contribution is 5.91. The van der Waals surface area contributed by atoms with Gasteiger partial charge in [-0.15, -0.1) is 0 Å². The van der Waals surface area contributed by atoms with Gasteiger partial charge in [0.1, 0.15) is 5.56 Å². The SMILES string of the molecule is O=C(O)c1cnn(-c2cncc3ccccc23)c1C(F)(F)F. The molecule has 5 nitrogen and oxygen atoms in total. The number of carboxylic acids is 1. The molecule has 1 aromatic carbocycles. The predicted octanol–water partition coefficient (Wildman–Crippen LogP) is 3.14. The molecule has 112 valence electrons. The standard InChI is InChI=1S/C14H8F3N3O2/c15-14(16,17)12-10(13(21)22)6-19-20(12)11-7-18-5-8-3-1-2-4-9(8)11/h1-7H,(H,21,22). The Morgan fingerprint density at radius 3 is 2.55 bits per heavy atom. The first-order valence-electron chi connectivity index (χ1n) is 6.11. The van der Waals surface area contributed by atoms with E-state index in [4.69, 9.17) is 5.11 Å². The molecule has 1 N–H and O–H groups in total. The van der Waals surface area contributed by atoms with Crippen molar-refractivity contribution in [1.82, 2.24) is 14.8 Å². The number of fused-ring (bicyclic) bond motifs is 1. The molecule has 0 saturated heterocycles. The second-order valence-corrected chi connectivity index (χ2v) is 4.50. The molecule has 8 heteroatoms. The number of hydrogen-bond donors (Lipinski definition) is 1. The highest BCUT2D eigenvalue weighted by Gasteiger charge is 2.40. The van der Waals surface area contributed by atoms with Crippen molar-refractivity contribution < 1.29 is 23.1 Å². The molecule has 0 bridgehead atoms. The van der Waals surface area contributed by atoms with Crippen LogP contribution in [0.4, 0.5) is 13.2 Å². The number of rotatable bonds is 2. The third-order valence-corrected chi connectivity index (χ3v) is 3.14. The van der Waals surface area contributed by atoms with Crippen LogP contribution < -0.4 is 0 Å². The number of nitrogens with zero attached hydrogens (tertiary/aromatic N) is 3. The van der Waals surface area contributed by atoms with E-state index in [1.54, 1.807) is 24.3 Å². The minimum absolute atomic E-state index is 0.0675. The zero-order valence-electron chi connectivity index (χ0n) is 10.9. The Hall–Kier alpha value is -2.90. The van der Waals surface area contributed by atoms with Gasteiger partial charge < -0.3 is 5.11 Å². The van der Waals surface area contributed by atoms with Gasteiger partial charge in [-0.05, 0) is 0 Å². The van der Waals surface area contributed by atoms with Gasteiger partial charge in [0.25, 0.3) is 0 Å². The van der Waals surface area contributed by atoms with Crippen LogP contribution in [-0.4, -0.2) is 25.8 Å². The van der Waals surface area contributed by atoms with Crippen molar-refractivity contribution in [2.75, 3.05) is 0 Å². The average molecular weight is 307 g/mol. The molecule has 0 aliphatic rings. The van der Waals surface area contributed by atoms with Crippen LogP contribution in [0.1, 0.15) is 16.1 Å². The summed E-state index contributed by atoms with van der Waals surface area (Å²) in [7, 11) is 0. The van der Waals surface area contributed by atoms with Crippen LogP contribution in [0.5, 0.6) is 0 Å². The summed E-state index contributed by atoms with van der Waals surface area (Å²) < 4.78 is 40.3. The molecule has 0 amide bonds. The maximum absolute atomic E-state index is 13.2. The number of alkyl halides is 3. The minimum atomic E-state index is -4.86. The van der Waals surface area contributed by atoms with Crippen LogP contribution in [0.2, 0.25) is 0 Å². The first kappa shape index (κ1) is 14.1. The van der Waals surface area contributed by atoms with E-state index in [1.807, 2.05) is 0 Å². The van der Waals surface area contributed by atoms with E-state index in [1.165, 1.54) is 12.4 Å². The fourth-order valence-electron chi connectivity index (χ4n) is 2.23. The molecular formula is C14H8F3N3O2. The number of hydrogen-bond acceptors (Lipinski definition) is 3. The fourth-order valence-corrected chi connectivity index (χ4v) is 2.23. The zero-order chi connectivity index (χ0) is 15.9. The van der Waals surface area contributed by atoms with E-state index >= 15 is 0 Å². The van der Waals surface area contributed by atoms with Crippen molar-refractivity contribution in [1.29, 1.82) is 0 Å². The second-order valence-electron chi connectivity index (χ2n) is 4.50. The number of benzene rings is 1. The summed E-state index contributed by atoms with van der Waals surface area (Å²) in [5, 5.41) is 13.6. The number of aromatic carboxylic acids is 1. The molecule has 0 aliphatic heterocycles. The molecule has 0 fully saturated rings. The summed E-state index contributed by atoms with van der Waals surface area (Å²) in [4.78, 5) is 14.9. The highest BCUT2D eigenvalue weighted by Crippen LogP contribution is 2.34. The topological polar surface area (TPSA) is 68.0 Å². The normalized spacial score (nSPS) is 11.8. The van der Waals surface area contributed by atoms with Crippen LogP contribution in [0.25, 0.3) is 16.5 Å². The van der Waals surface area contributed by atoms with Crippen LogP contribution in [-0.2, 0) is 6.18 Å². The first-order chi connectivity index (χ1) is 10.4. The van der Waals surface area contributed by atoms with E-state index in [0.717, 1.165) is 0 Å². The molecule has 2 heterocycles. The van der Waals surface area contributed by atoms with E-state index in [2.05, 4.69) is 10.1 Å². The Bertz CT molecular complexity index is 866. The monoisotopic (exact) mass is 307 g/mol. The van der Waals surface area contributed by atoms with Crippen molar-refractivity contribution >= 4 is 16.7 Å². The minimum Gasteiger partial charge on any atom is -0.478 e. The number of aromatic nitrogens is 3. The lowest BCUT2D eigenvalue weighted by Gasteiger charge is -2.13. The van der Waals surface area contributed by atoms with Crippen molar-refractivity contribution in [3.8, 4) is 5.69 Å². The Kier molecular flexibility index (Phi) is 3.09. The molecule has 3 rings (SSSR count). The van der Waals surface area contributed by atoms with Gasteiger partial charge in [-0.2, -0.15) is 18.3 Å². The Morgan fingerprint density at radius 1 is 1.14 bits per heavy atom. The lowest BCUT2D eigenvalue weighted by molar-refractivity contribution is -0.143. The number of halogens is 3. The fraction of sp³-hybridized carbons (Fsp3) is 0.0714. The zero-order valence-corrected chi connectivity index (χ0v) is 10.9. The van der Waals surface area contributed by atoms with Gasteiger partial charge in [0, 0.05) is 17.0 Å². The first-order valence-corrected chi connectivity index (χ1v) is 6.11. The molecule has 0 atom stereocenters. The van der Waals surface area contributed by atoms with Crippen molar-refractivity contribution in [2.45, 2.75) is 6.18 Å². The van der Waals surface area contributed by atoms with E-state index in [-0.39, 0.29) is 5.69 Å². The summed E-state index contributed by atoms with van der Waals surface area (Å²) in [5.41, 5.74) is -2.17. The molecule has 0 aliphatic carbocycles. The molecule has 2 aromatic heterocycles. The lowest BCUT2D eigenvalue weighted by Crippen LogP contribution is -2.17. The predicted molar refractivity (Wildman–Crippen MR) is 70.8 cm³/mol. The Labute approximate surface area is 121 Å². The van der Waals surface area contributed by atoms with Crippen LogP contribution in [0, 0.1) is 0 Å². The van der Waals surface area contributed by atoms with E-state index < -0.39 is 23.4 Å². The molecule has 3 aromatic rings. The van der Waals surface area contributed by atoms with Crippen molar-refractivity contribution in [3.05, 3.63) is 54.1 Å². The van der Waals surface area contributed by atoms with Gasteiger partial charge >= 0.3 is 12.1 Å². The largest absolute Gasteiger partial charge is 0.478 e. The summed E-state index contributed by atoms with van der Waals surface area (Å²) in [5.74, 6) is -1.69. The third-order valence-electron chi connectivity index (χ3n) is 3.14. The van der Waals surface area contributed by atoms with E-state index in [9.17, 15) is 18.0 Å². The molecule has 0 unspecified atom stereocenters. The molecular weight excluding hydrogens is 299 g/mol. The number of carboxylic acid groups (broad SMARTS) is 1. The molecule has 0 radical (unpaired) electrons. The third kappa shape index (κ3) is 2.18. The maximum atomic E-state index is 13.2. The summed E-state index contributed by atoms with van der Waals surface area (Å²) in [6, 6.07) is 6.71. The van der Waals surface area contributed by atoms with Gasteiger partial charge in [0.15, 0.2) is 5.69 Å². The summed E-state index contributed by atoms with van der Waals surface area (Å²) >= 11 is 0. The lowest BCUT2D eigenvalue weighted by atomic mass is 10.1. The highest BCUT2D eigenvalue weighted by atomic mass is 19.4. The van der Waals surface area contributed by atoms with E-state index in [0.29, 0.717) is 21.7 Å². The quantitative estimate of drug-likeness (QED) is 0.789. The second kappa shape index (κ2) is 4.83. The van der Waals surface area contributed by atoms with Crippen LogP contribution >= 0.6 is 0 Å². The van der Waals surface area contributed by atoms with Crippen LogP contribution in [0.3, 0.4) is 0 Å². The van der Waals surface area contributed by atoms with Gasteiger partial charge in [0.05, 0.1) is 18.1 Å². The van der Waals surface area contributed by atoms with Gasteiger partial charge in [-0.1, -0.05) is 24.3 Å². The van der Waals surface area contributed by atoms with Crippen molar-refractivity contribution in [3.63, 3.8) is 0 Å². The van der Waals surface area contributed by atoms with Gasteiger partial charge in [-0.3, -0.25) is 4.98 Å². The summed E-state index contributed by atoms with van der Waals surface area (Å²) in [6.45, 7) is 0. The maximum Gasteiger partial charge on any atom is 0.434 e. The smallest absolute Gasteiger partial charge is 0.434 e. The Morgan fingerprint density at radius 2 is 1.86 bits per heavy atom. The summed E-state index contributed by atoms with van der Waals surface area (Å²) in [6.07, 6.45) is -1.45. The number of carbonyl (C=O) groups is 1. The molecule has 0 spiro atoms. The molecule has 0 saturated carbocycles. The Balaban J connectivity index is 2.35. The van der Waals surface area contributed by atoms with Crippen molar-refractivity contribution in [2.24, 2.45) is 0 Å². The number of pyridine rings is 1. The molecule has 22 heavy (non-hydrogen) atoms.